The highest BCUT2D eigenvalue weighted by Crippen LogP contribution is 2.34. The van der Waals surface area contributed by atoms with Gasteiger partial charge in [-0.05, 0) is 17.5 Å². The van der Waals surface area contributed by atoms with Crippen molar-refractivity contribution in [3.8, 4) is 11.8 Å². The molecule has 0 aliphatic heterocycles. The molecule has 2 aromatic carbocycles. The first-order valence-electron chi connectivity index (χ1n) is 6.50. The van der Waals surface area contributed by atoms with Crippen molar-refractivity contribution in [3.63, 3.8) is 0 Å². The summed E-state index contributed by atoms with van der Waals surface area (Å²) in [5.74, 6) is 0.470. The second-order valence-electron chi connectivity index (χ2n) is 4.75. The fourth-order valence-corrected chi connectivity index (χ4v) is 2.64. The lowest BCUT2D eigenvalue weighted by molar-refractivity contribution is 0.0994. The highest BCUT2D eigenvalue weighted by atomic mass is 16.5. The Balaban J connectivity index is 2.42. The first kappa shape index (κ1) is 13.1. The second kappa shape index (κ2) is 4.91. The van der Waals surface area contributed by atoms with Gasteiger partial charge in [0.2, 0.25) is 0 Å². The molecule has 0 N–H and O–H groups in total. The van der Waals surface area contributed by atoms with Crippen LogP contribution in [0.3, 0.4) is 0 Å². The van der Waals surface area contributed by atoms with E-state index in [9.17, 15) is 4.79 Å². The molecule has 0 fully saturated rings. The molecule has 0 amide bonds. The third kappa shape index (κ3) is 1.93. The molecule has 5 nitrogen and oxygen atoms in total. The van der Waals surface area contributed by atoms with Gasteiger partial charge in [0.25, 0.3) is 0 Å². The van der Waals surface area contributed by atoms with Crippen molar-refractivity contribution >= 4 is 27.5 Å². The number of carbonyl (C=O) groups is 1. The van der Waals surface area contributed by atoms with Gasteiger partial charge in [-0.3, -0.25) is 9.48 Å². The molecule has 5 heteroatoms. The molecule has 0 saturated carbocycles. The minimum atomic E-state index is -0.266. The van der Waals surface area contributed by atoms with Gasteiger partial charge in [-0.2, -0.15) is 10.4 Å². The summed E-state index contributed by atoms with van der Waals surface area (Å²) in [5, 5.41) is 15.7. The summed E-state index contributed by atoms with van der Waals surface area (Å²) in [6.45, 7) is 0. The highest BCUT2D eigenvalue weighted by Gasteiger charge is 2.18. The normalized spacial score (nSPS) is 10.7. The third-order valence-corrected chi connectivity index (χ3v) is 3.53. The van der Waals surface area contributed by atoms with Crippen LogP contribution in [0.4, 0.5) is 0 Å². The van der Waals surface area contributed by atoms with E-state index < -0.39 is 0 Å². The van der Waals surface area contributed by atoms with Gasteiger partial charge in [-0.1, -0.05) is 18.2 Å². The minimum Gasteiger partial charge on any atom is -0.496 e. The van der Waals surface area contributed by atoms with E-state index in [1.165, 1.54) is 0 Å². The quantitative estimate of drug-likeness (QED) is 0.691. The summed E-state index contributed by atoms with van der Waals surface area (Å²) in [4.78, 5) is 12.0. The molecule has 0 aliphatic rings. The number of Topliss-reactive ketones (excluding diaryl/α,β-unsaturated/α-hetero) is 1. The lowest BCUT2D eigenvalue weighted by Crippen LogP contribution is -2.00. The van der Waals surface area contributed by atoms with Crippen LogP contribution >= 0.6 is 0 Å². The van der Waals surface area contributed by atoms with Crippen molar-refractivity contribution in [1.82, 2.24) is 9.78 Å². The van der Waals surface area contributed by atoms with E-state index in [1.807, 2.05) is 36.4 Å². The Hall–Kier alpha value is -2.87. The van der Waals surface area contributed by atoms with Gasteiger partial charge in [0.1, 0.15) is 17.9 Å². The number of hydrogen-bond donors (Lipinski definition) is 0. The molecule has 0 bridgehead atoms. The molecule has 1 aromatic heterocycles. The summed E-state index contributed by atoms with van der Waals surface area (Å²) in [6.07, 6.45) is -0.171. The molecular weight excluding hydrogens is 266 g/mol. The Bertz CT molecular complexity index is 903. The maximum absolute atomic E-state index is 12.0. The number of methoxy groups -OCH3 is 1. The Labute approximate surface area is 121 Å². The molecule has 0 radical (unpaired) electrons. The zero-order valence-corrected chi connectivity index (χ0v) is 11.8. The number of rotatable bonds is 3. The van der Waals surface area contributed by atoms with Crippen LogP contribution in [0.15, 0.2) is 30.3 Å². The molecule has 0 aliphatic carbocycles. The topological polar surface area (TPSA) is 67.9 Å². The Morgan fingerprint density at radius 3 is 2.90 bits per heavy atom. The summed E-state index contributed by atoms with van der Waals surface area (Å²) >= 11 is 0. The predicted octanol–water partition coefficient (Wildman–Crippen LogP) is 2.83. The lowest BCUT2D eigenvalue weighted by Gasteiger charge is -2.07. The SMILES string of the molecule is COc1cccc2ccc3c(C(=O)CC#N)nn(C)c3c12. The number of nitriles is 1. The van der Waals surface area contributed by atoms with Crippen molar-refractivity contribution in [2.45, 2.75) is 6.42 Å². The van der Waals surface area contributed by atoms with Crippen molar-refractivity contribution in [1.29, 1.82) is 5.26 Å². The standard InChI is InChI=1S/C16H13N3O2/c1-19-16-11(15(18-19)12(20)8-9-17)7-6-10-4-3-5-13(21-2)14(10)16/h3-7H,8H2,1-2H3. The number of hydrogen-bond acceptors (Lipinski definition) is 4. The molecule has 0 saturated heterocycles. The van der Waals surface area contributed by atoms with Crippen LogP contribution in [-0.2, 0) is 7.05 Å². The smallest absolute Gasteiger partial charge is 0.197 e. The van der Waals surface area contributed by atoms with Crippen LogP contribution in [0, 0.1) is 11.3 Å². The zero-order chi connectivity index (χ0) is 15.0. The fraction of sp³-hybridized carbons (Fsp3) is 0.188. The first-order chi connectivity index (χ1) is 10.2. The zero-order valence-electron chi connectivity index (χ0n) is 11.8. The van der Waals surface area contributed by atoms with Crippen LogP contribution in [-0.4, -0.2) is 22.7 Å². The van der Waals surface area contributed by atoms with E-state index in [1.54, 1.807) is 18.8 Å². The fourth-order valence-electron chi connectivity index (χ4n) is 2.64. The van der Waals surface area contributed by atoms with Gasteiger partial charge in [0, 0.05) is 17.8 Å². The van der Waals surface area contributed by atoms with Crippen molar-refractivity contribution in [2.24, 2.45) is 7.05 Å². The summed E-state index contributed by atoms with van der Waals surface area (Å²) in [5.41, 5.74) is 1.17. The molecular formula is C16H13N3O2. The molecule has 104 valence electrons. The van der Waals surface area contributed by atoms with Crippen LogP contribution in [0.5, 0.6) is 5.75 Å². The van der Waals surface area contributed by atoms with E-state index in [0.29, 0.717) is 5.69 Å². The molecule has 0 atom stereocenters. The lowest BCUT2D eigenvalue weighted by atomic mass is 10.0. The van der Waals surface area contributed by atoms with Crippen LogP contribution in [0.25, 0.3) is 21.7 Å². The highest BCUT2D eigenvalue weighted by molar-refractivity contribution is 6.15. The summed E-state index contributed by atoms with van der Waals surface area (Å²) in [6, 6.07) is 11.5. The largest absolute Gasteiger partial charge is 0.496 e. The molecule has 0 unspecified atom stereocenters. The number of nitrogens with zero attached hydrogens (tertiary/aromatic N) is 3. The second-order valence-corrected chi connectivity index (χ2v) is 4.75. The maximum atomic E-state index is 12.0. The monoisotopic (exact) mass is 279 g/mol. The van der Waals surface area contributed by atoms with E-state index >= 15 is 0 Å². The van der Waals surface area contributed by atoms with E-state index in [-0.39, 0.29) is 12.2 Å². The molecule has 21 heavy (non-hydrogen) atoms. The van der Waals surface area contributed by atoms with Crippen molar-refractivity contribution < 1.29 is 9.53 Å². The number of ether oxygens (including phenoxy) is 1. The first-order valence-corrected chi connectivity index (χ1v) is 6.50. The average molecular weight is 279 g/mol. The third-order valence-electron chi connectivity index (χ3n) is 3.53. The minimum absolute atomic E-state index is 0.171. The Morgan fingerprint density at radius 2 is 2.19 bits per heavy atom. The van der Waals surface area contributed by atoms with Crippen molar-refractivity contribution in [3.05, 3.63) is 36.0 Å². The average Bonchev–Trinajstić information content (AvgIpc) is 2.84. The molecule has 3 rings (SSSR count). The summed E-state index contributed by atoms with van der Waals surface area (Å²) in [7, 11) is 3.41. The molecule has 0 spiro atoms. The number of aryl methyl sites for hydroxylation is 1. The number of carbonyl (C=O) groups excluding carboxylic acids is 1. The number of benzene rings is 2. The van der Waals surface area contributed by atoms with Gasteiger partial charge < -0.3 is 4.74 Å². The van der Waals surface area contributed by atoms with E-state index in [0.717, 1.165) is 27.4 Å². The number of aromatic nitrogens is 2. The van der Waals surface area contributed by atoms with Crippen LogP contribution in [0.1, 0.15) is 16.9 Å². The van der Waals surface area contributed by atoms with Crippen LogP contribution < -0.4 is 4.74 Å². The van der Waals surface area contributed by atoms with Gasteiger partial charge >= 0.3 is 0 Å². The van der Waals surface area contributed by atoms with Gasteiger partial charge in [0.15, 0.2) is 5.78 Å². The van der Waals surface area contributed by atoms with E-state index in [4.69, 9.17) is 10.00 Å². The van der Waals surface area contributed by atoms with Gasteiger partial charge in [-0.25, -0.2) is 0 Å². The van der Waals surface area contributed by atoms with Crippen LogP contribution in [0.2, 0.25) is 0 Å². The van der Waals surface area contributed by atoms with Gasteiger partial charge in [-0.15, -0.1) is 0 Å². The summed E-state index contributed by atoms with van der Waals surface area (Å²) < 4.78 is 7.10. The number of fused-ring (bicyclic) bond motifs is 3. The van der Waals surface area contributed by atoms with Crippen molar-refractivity contribution in [2.75, 3.05) is 7.11 Å². The molecule has 1 heterocycles. The predicted molar refractivity (Wildman–Crippen MR) is 79.3 cm³/mol. The molecule has 3 aromatic rings. The Morgan fingerprint density at radius 1 is 1.38 bits per heavy atom. The Kier molecular flexibility index (Phi) is 3.07. The number of ketones is 1. The maximum Gasteiger partial charge on any atom is 0.197 e. The van der Waals surface area contributed by atoms with Gasteiger partial charge in [0.05, 0.1) is 18.7 Å². The van der Waals surface area contributed by atoms with E-state index in [2.05, 4.69) is 5.10 Å².